The van der Waals surface area contributed by atoms with Crippen LogP contribution in [-0.4, -0.2) is 35.4 Å². The Morgan fingerprint density at radius 2 is 2.11 bits per heavy atom. The number of hydrogen-bond donors (Lipinski definition) is 1. The predicted molar refractivity (Wildman–Crippen MR) is 69.9 cm³/mol. The molecule has 1 saturated heterocycles. The van der Waals surface area contributed by atoms with Crippen molar-refractivity contribution < 1.29 is 4.79 Å². The van der Waals surface area contributed by atoms with Gasteiger partial charge in [-0.05, 0) is 25.3 Å². The van der Waals surface area contributed by atoms with Crippen LogP contribution in [0, 0.1) is 11.8 Å². The minimum absolute atomic E-state index is 0.0543. The lowest BCUT2D eigenvalue weighted by Gasteiger charge is -2.26. The van der Waals surface area contributed by atoms with Crippen LogP contribution < -0.4 is 5.73 Å². The summed E-state index contributed by atoms with van der Waals surface area (Å²) in [7, 11) is 0. The second kappa shape index (κ2) is 6.18. The van der Waals surface area contributed by atoms with E-state index in [0.29, 0.717) is 12.1 Å². The fourth-order valence-corrected chi connectivity index (χ4v) is 2.06. The molecule has 1 aromatic heterocycles. The zero-order valence-corrected chi connectivity index (χ0v) is 10.4. The van der Waals surface area contributed by atoms with Gasteiger partial charge in [0.1, 0.15) is 0 Å². The van der Waals surface area contributed by atoms with Gasteiger partial charge in [0.2, 0.25) is 0 Å². The first-order chi connectivity index (χ1) is 8.81. The Morgan fingerprint density at radius 1 is 1.33 bits per heavy atom. The maximum Gasteiger partial charge on any atom is 0.255 e. The van der Waals surface area contributed by atoms with Crippen LogP contribution in [0.3, 0.4) is 0 Å². The van der Waals surface area contributed by atoms with E-state index in [4.69, 9.17) is 5.73 Å². The minimum Gasteiger partial charge on any atom is -0.339 e. The Morgan fingerprint density at radius 3 is 2.83 bits per heavy atom. The van der Waals surface area contributed by atoms with E-state index >= 15 is 0 Å². The Labute approximate surface area is 107 Å². The molecule has 0 bridgehead atoms. The standard InChI is InChI=1S/C14H17N3O/c15-6-4-5-12-9-13(11-16-10-12)14(18)17-7-2-1-3-8-17/h9-11H,1-3,6-8,15H2. The van der Waals surface area contributed by atoms with Gasteiger partial charge in [-0.1, -0.05) is 11.8 Å². The van der Waals surface area contributed by atoms with Gasteiger partial charge in [-0.25, -0.2) is 0 Å². The third-order valence-corrected chi connectivity index (χ3v) is 2.96. The van der Waals surface area contributed by atoms with Crippen LogP contribution in [0.15, 0.2) is 18.5 Å². The first-order valence-electron chi connectivity index (χ1n) is 6.24. The van der Waals surface area contributed by atoms with Crippen LogP contribution in [0.1, 0.15) is 35.2 Å². The van der Waals surface area contributed by atoms with Gasteiger partial charge in [0.15, 0.2) is 0 Å². The van der Waals surface area contributed by atoms with Crippen molar-refractivity contribution in [1.82, 2.24) is 9.88 Å². The third kappa shape index (κ3) is 3.08. The highest BCUT2D eigenvalue weighted by Gasteiger charge is 2.18. The largest absolute Gasteiger partial charge is 0.339 e. The van der Waals surface area contributed by atoms with Crippen molar-refractivity contribution in [2.45, 2.75) is 19.3 Å². The number of nitrogens with two attached hydrogens (primary N) is 1. The van der Waals surface area contributed by atoms with Crippen LogP contribution in [0.25, 0.3) is 0 Å². The molecule has 0 unspecified atom stereocenters. The van der Waals surface area contributed by atoms with Crippen molar-refractivity contribution in [2.24, 2.45) is 5.73 Å². The normalized spacial score (nSPS) is 14.8. The molecule has 1 amide bonds. The highest BCUT2D eigenvalue weighted by molar-refractivity contribution is 5.94. The molecule has 94 valence electrons. The van der Waals surface area contributed by atoms with Gasteiger partial charge in [0, 0.05) is 31.0 Å². The molecule has 0 radical (unpaired) electrons. The van der Waals surface area contributed by atoms with E-state index < -0.39 is 0 Å². The first kappa shape index (κ1) is 12.6. The number of rotatable bonds is 1. The number of pyridine rings is 1. The van der Waals surface area contributed by atoms with Crippen molar-refractivity contribution in [3.63, 3.8) is 0 Å². The molecule has 4 nitrogen and oxygen atoms in total. The highest BCUT2D eigenvalue weighted by atomic mass is 16.2. The number of carbonyl (C=O) groups excluding carboxylic acids is 1. The van der Waals surface area contributed by atoms with E-state index in [2.05, 4.69) is 16.8 Å². The first-order valence-corrected chi connectivity index (χ1v) is 6.24. The smallest absolute Gasteiger partial charge is 0.255 e. The van der Waals surface area contributed by atoms with Crippen LogP contribution in [-0.2, 0) is 0 Å². The molecule has 0 aliphatic carbocycles. The topological polar surface area (TPSA) is 59.2 Å². The summed E-state index contributed by atoms with van der Waals surface area (Å²) in [6, 6.07) is 1.78. The molecule has 18 heavy (non-hydrogen) atoms. The molecule has 4 heteroatoms. The second-order valence-corrected chi connectivity index (χ2v) is 4.32. The fraction of sp³-hybridized carbons (Fsp3) is 0.429. The zero-order chi connectivity index (χ0) is 12.8. The minimum atomic E-state index is 0.0543. The van der Waals surface area contributed by atoms with Gasteiger partial charge in [0.05, 0.1) is 12.1 Å². The summed E-state index contributed by atoms with van der Waals surface area (Å²) >= 11 is 0. The second-order valence-electron chi connectivity index (χ2n) is 4.32. The summed E-state index contributed by atoms with van der Waals surface area (Å²) in [6.07, 6.45) is 6.64. The average molecular weight is 243 g/mol. The molecule has 1 aliphatic rings. The number of aromatic nitrogens is 1. The lowest BCUT2D eigenvalue weighted by molar-refractivity contribution is 0.0724. The number of hydrogen-bond acceptors (Lipinski definition) is 3. The predicted octanol–water partition coefficient (Wildman–Crippen LogP) is 1.02. The third-order valence-electron chi connectivity index (χ3n) is 2.96. The molecule has 0 spiro atoms. The number of carbonyl (C=O) groups is 1. The van der Waals surface area contributed by atoms with Crippen LogP contribution in [0.2, 0.25) is 0 Å². The molecule has 0 atom stereocenters. The van der Waals surface area contributed by atoms with Crippen molar-refractivity contribution in [2.75, 3.05) is 19.6 Å². The Bertz CT molecular complexity index is 481. The van der Waals surface area contributed by atoms with E-state index in [1.807, 2.05) is 4.90 Å². The van der Waals surface area contributed by atoms with Gasteiger partial charge < -0.3 is 10.6 Å². The molecule has 1 aromatic rings. The lowest BCUT2D eigenvalue weighted by Crippen LogP contribution is -2.35. The quantitative estimate of drug-likeness (QED) is 0.749. The SMILES string of the molecule is NCC#Cc1cncc(C(=O)N2CCCCC2)c1. The van der Waals surface area contributed by atoms with E-state index in [0.717, 1.165) is 31.5 Å². The molecule has 2 rings (SSSR count). The molecular formula is C14H17N3O. The van der Waals surface area contributed by atoms with Crippen molar-refractivity contribution in [3.05, 3.63) is 29.6 Å². The van der Waals surface area contributed by atoms with Crippen LogP contribution in [0.5, 0.6) is 0 Å². The van der Waals surface area contributed by atoms with E-state index in [-0.39, 0.29) is 5.91 Å². The monoisotopic (exact) mass is 243 g/mol. The molecular weight excluding hydrogens is 226 g/mol. The summed E-state index contributed by atoms with van der Waals surface area (Å²) in [5.41, 5.74) is 6.67. The zero-order valence-electron chi connectivity index (χ0n) is 10.4. The Balaban J connectivity index is 2.14. The molecule has 2 N–H and O–H groups in total. The molecule has 1 fully saturated rings. The molecule has 0 aromatic carbocycles. The van der Waals surface area contributed by atoms with Gasteiger partial charge in [-0.2, -0.15) is 0 Å². The van der Waals surface area contributed by atoms with E-state index in [9.17, 15) is 4.79 Å². The summed E-state index contributed by atoms with van der Waals surface area (Å²) in [5.74, 6) is 5.71. The number of piperidine rings is 1. The van der Waals surface area contributed by atoms with E-state index in [1.54, 1.807) is 18.5 Å². The van der Waals surface area contributed by atoms with Gasteiger partial charge in [-0.15, -0.1) is 0 Å². The fourth-order valence-electron chi connectivity index (χ4n) is 2.06. The lowest BCUT2D eigenvalue weighted by atomic mass is 10.1. The molecule has 2 heterocycles. The number of nitrogens with zero attached hydrogens (tertiary/aromatic N) is 2. The number of amides is 1. The van der Waals surface area contributed by atoms with Gasteiger partial charge in [-0.3, -0.25) is 9.78 Å². The van der Waals surface area contributed by atoms with Crippen LogP contribution in [0.4, 0.5) is 0 Å². The maximum atomic E-state index is 12.2. The molecule has 1 aliphatic heterocycles. The Hall–Kier alpha value is -1.86. The number of likely N-dealkylation sites (tertiary alicyclic amines) is 1. The van der Waals surface area contributed by atoms with Crippen LogP contribution >= 0.6 is 0 Å². The van der Waals surface area contributed by atoms with E-state index in [1.165, 1.54) is 6.42 Å². The Kier molecular flexibility index (Phi) is 4.32. The summed E-state index contributed by atoms with van der Waals surface area (Å²) in [4.78, 5) is 18.2. The molecule has 0 saturated carbocycles. The summed E-state index contributed by atoms with van der Waals surface area (Å²) in [6.45, 7) is 2.00. The summed E-state index contributed by atoms with van der Waals surface area (Å²) in [5, 5.41) is 0. The maximum absolute atomic E-state index is 12.2. The van der Waals surface area contributed by atoms with Crippen molar-refractivity contribution in [1.29, 1.82) is 0 Å². The van der Waals surface area contributed by atoms with Crippen molar-refractivity contribution >= 4 is 5.91 Å². The van der Waals surface area contributed by atoms with Gasteiger partial charge >= 0.3 is 0 Å². The van der Waals surface area contributed by atoms with Gasteiger partial charge in [0.25, 0.3) is 5.91 Å². The van der Waals surface area contributed by atoms with Crippen molar-refractivity contribution in [3.8, 4) is 11.8 Å². The highest BCUT2D eigenvalue weighted by Crippen LogP contribution is 2.13. The summed E-state index contributed by atoms with van der Waals surface area (Å²) < 4.78 is 0. The average Bonchev–Trinajstić information content (AvgIpc) is 2.45.